The summed E-state index contributed by atoms with van der Waals surface area (Å²) in [7, 11) is 0. The highest BCUT2D eigenvalue weighted by molar-refractivity contribution is 7.13. The number of H-pyrrole nitrogens is 1. The fourth-order valence-corrected chi connectivity index (χ4v) is 2.15. The van der Waals surface area contributed by atoms with Crippen LogP contribution in [0, 0.1) is 0 Å². The molecule has 0 aliphatic rings. The number of ketones is 1. The van der Waals surface area contributed by atoms with E-state index in [4.69, 9.17) is 17.3 Å². The van der Waals surface area contributed by atoms with Gasteiger partial charge in [-0.05, 0) is 11.4 Å². The van der Waals surface area contributed by atoms with Gasteiger partial charge in [0.1, 0.15) is 5.82 Å². The number of halogens is 1. The first-order valence-electron chi connectivity index (χ1n) is 3.76. The Balaban J connectivity index is 2.44. The third kappa shape index (κ3) is 1.40. The summed E-state index contributed by atoms with van der Waals surface area (Å²) < 4.78 is 0. The van der Waals surface area contributed by atoms with Crippen molar-refractivity contribution in [3.05, 3.63) is 33.1 Å². The van der Waals surface area contributed by atoms with Crippen molar-refractivity contribution in [1.82, 2.24) is 10.2 Å². The summed E-state index contributed by atoms with van der Waals surface area (Å²) in [4.78, 5) is 12.3. The fourth-order valence-electron chi connectivity index (χ4n) is 1.06. The van der Waals surface area contributed by atoms with Crippen LogP contribution in [0.1, 0.15) is 15.2 Å². The monoisotopic (exact) mass is 227 g/mol. The van der Waals surface area contributed by atoms with E-state index >= 15 is 0 Å². The number of rotatable bonds is 2. The van der Waals surface area contributed by atoms with Gasteiger partial charge in [0.2, 0.25) is 5.78 Å². The van der Waals surface area contributed by atoms with E-state index in [0.717, 1.165) is 0 Å². The van der Waals surface area contributed by atoms with Crippen molar-refractivity contribution in [2.45, 2.75) is 0 Å². The zero-order chi connectivity index (χ0) is 10.1. The van der Waals surface area contributed by atoms with Gasteiger partial charge in [-0.1, -0.05) is 11.6 Å². The molecule has 6 heteroatoms. The van der Waals surface area contributed by atoms with Crippen molar-refractivity contribution >= 4 is 34.5 Å². The Morgan fingerprint density at radius 3 is 2.93 bits per heavy atom. The number of hydrogen-bond donors (Lipinski definition) is 2. The highest BCUT2D eigenvalue weighted by Gasteiger charge is 2.17. The standard InChI is InChI=1S/C8H6ClN3OS/c9-5-1-2-14-7(5)6(13)4-3-11-12-8(4)10/h1-3H,(H3,10,11,12). The number of nitrogens with zero attached hydrogens (tertiary/aromatic N) is 1. The molecule has 14 heavy (non-hydrogen) atoms. The molecule has 0 saturated heterocycles. The molecule has 2 aromatic heterocycles. The van der Waals surface area contributed by atoms with E-state index in [-0.39, 0.29) is 11.6 Å². The van der Waals surface area contributed by atoms with Gasteiger partial charge in [-0.15, -0.1) is 11.3 Å². The number of anilines is 1. The lowest BCUT2D eigenvalue weighted by atomic mass is 10.2. The maximum Gasteiger partial charge on any atom is 0.209 e. The Morgan fingerprint density at radius 2 is 2.43 bits per heavy atom. The number of nitrogens with one attached hydrogen (secondary N) is 1. The Morgan fingerprint density at radius 1 is 1.64 bits per heavy atom. The zero-order valence-electron chi connectivity index (χ0n) is 6.95. The molecule has 2 heterocycles. The molecule has 2 rings (SSSR count). The molecular weight excluding hydrogens is 222 g/mol. The van der Waals surface area contributed by atoms with Gasteiger partial charge in [0.15, 0.2) is 0 Å². The van der Waals surface area contributed by atoms with E-state index in [9.17, 15) is 4.79 Å². The van der Waals surface area contributed by atoms with Crippen molar-refractivity contribution in [3.63, 3.8) is 0 Å². The Bertz CT molecular complexity index is 434. The van der Waals surface area contributed by atoms with Gasteiger partial charge in [-0.2, -0.15) is 5.10 Å². The van der Waals surface area contributed by atoms with Crippen LogP contribution in [-0.2, 0) is 0 Å². The predicted octanol–water partition coefficient (Wildman–Crippen LogP) is 1.94. The largest absolute Gasteiger partial charge is 0.383 e. The van der Waals surface area contributed by atoms with Gasteiger partial charge in [-0.3, -0.25) is 9.89 Å². The van der Waals surface area contributed by atoms with Crippen LogP contribution in [0.3, 0.4) is 0 Å². The Hall–Kier alpha value is -1.33. The van der Waals surface area contributed by atoms with Crippen LogP contribution in [-0.4, -0.2) is 16.0 Å². The number of nitrogens with two attached hydrogens (primary N) is 1. The maximum atomic E-state index is 11.8. The maximum absolute atomic E-state index is 11.8. The summed E-state index contributed by atoms with van der Waals surface area (Å²) in [5.74, 6) is 0.0655. The van der Waals surface area contributed by atoms with E-state index < -0.39 is 0 Å². The van der Waals surface area contributed by atoms with Crippen LogP contribution < -0.4 is 5.73 Å². The van der Waals surface area contributed by atoms with Gasteiger partial charge >= 0.3 is 0 Å². The van der Waals surface area contributed by atoms with E-state index in [2.05, 4.69) is 10.2 Å². The molecule has 0 atom stereocenters. The van der Waals surface area contributed by atoms with E-state index in [1.807, 2.05) is 0 Å². The summed E-state index contributed by atoms with van der Waals surface area (Å²) in [5.41, 5.74) is 5.88. The number of thiophene rings is 1. The molecule has 2 aromatic rings. The first kappa shape index (κ1) is 9.23. The molecule has 0 saturated carbocycles. The van der Waals surface area contributed by atoms with Crippen LogP contribution in [0.2, 0.25) is 5.02 Å². The first-order chi connectivity index (χ1) is 6.70. The lowest BCUT2D eigenvalue weighted by Gasteiger charge is -1.95. The average molecular weight is 228 g/mol. The van der Waals surface area contributed by atoms with Gasteiger partial charge in [0, 0.05) is 0 Å². The smallest absolute Gasteiger partial charge is 0.209 e. The second kappa shape index (κ2) is 3.43. The summed E-state index contributed by atoms with van der Waals surface area (Å²) in [6.45, 7) is 0. The van der Waals surface area contributed by atoms with Crippen molar-refractivity contribution in [3.8, 4) is 0 Å². The molecular formula is C8H6ClN3OS. The lowest BCUT2D eigenvalue weighted by molar-refractivity contribution is 0.104. The highest BCUT2D eigenvalue weighted by atomic mass is 35.5. The minimum atomic E-state index is -0.198. The number of nitrogen functional groups attached to an aromatic ring is 1. The van der Waals surface area contributed by atoms with E-state index in [1.54, 1.807) is 11.4 Å². The molecule has 0 radical (unpaired) electrons. The van der Waals surface area contributed by atoms with Crippen LogP contribution in [0.15, 0.2) is 17.6 Å². The molecule has 0 fully saturated rings. The molecule has 0 unspecified atom stereocenters. The van der Waals surface area contributed by atoms with Crippen LogP contribution in [0.5, 0.6) is 0 Å². The van der Waals surface area contributed by atoms with Gasteiger partial charge < -0.3 is 5.73 Å². The van der Waals surface area contributed by atoms with Gasteiger partial charge in [0.25, 0.3) is 0 Å². The van der Waals surface area contributed by atoms with Crippen LogP contribution in [0.4, 0.5) is 5.82 Å². The van der Waals surface area contributed by atoms with Crippen molar-refractivity contribution in [1.29, 1.82) is 0 Å². The van der Waals surface area contributed by atoms with Crippen LogP contribution in [0.25, 0.3) is 0 Å². The van der Waals surface area contributed by atoms with Crippen molar-refractivity contribution < 1.29 is 4.79 Å². The molecule has 4 nitrogen and oxygen atoms in total. The third-order valence-corrected chi connectivity index (χ3v) is 3.08. The summed E-state index contributed by atoms with van der Waals surface area (Å²) in [5, 5.41) is 8.37. The van der Waals surface area contributed by atoms with Crippen molar-refractivity contribution in [2.24, 2.45) is 0 Å². The normalized spacial score (nSPS) is 10.4. The fraction of sp³-hybridized carbons (Fsp3) is 0. The average Bonchev–Trinajstić information content (AvgIpc) is 2.73. The number of aromatic nitrogens is 2. The highest BCUT2D eigenvalue weighted by Crippen LogP contribution is 2.26. The molecule has 0 aliphatic heterocycles. The zero-order valence-corrected chi connectivity index (χ0v) is 8.52. The molecule has 0 amide bonds. The van der Waals surface area contributed by atoms with E-state index in [1.165, 1.54) is 17.5 Å². The Labute approximate surface area is 88.7 Å². The number of aromatic amines is 1. The Kier molecular flexibility index (Phi) is 2.26. The minimum absolute atomic E-state index is 0.198. The SMILES string of the molecule is Nc1[nH]ncc1C(=O)c1sccc1Cl. The second-order valence-electron chi connectivity index (χ2n) is 2.62. The number of hydrogen-bond acceptors (Lipinski definition) is 4. The molecule has 0 bridgehead atoms. The summed E-state index contributed by atoms with van der Waals surface area (Å²) >= 11 is 7.11. The summed E-state index contributed by atoms with van der Waals surface area (Å²) in [6, 6.07) is 1.68. The minimum Gasteiger partial charge on any atom is -0.383 e. The van der Waals surface area contributed by atoms with Crippen molar-refractivity contribution in [2.75, 3.05) is 5.73 Å². The molecule has 0 spiro atoms. The molecule has 3 N–H and O–H groups in total. The van der Waals surface area contributed by atoms with Crippen LogP contribution >= 0.6 is 22.9 Å². The van der Waals surface area contributed by atoms with Gasteiger partial charge in [0.05, 0.1) is 21.7 Å². The second-order valence-corrected chi connectivity index (χ2v) is 3.95. The predicted molar refractivity (Wildman–Crippen MR) is 55.8 cm³/mol. The molecule has 72 valence electrons. The lowest BCUT2D eigenvalue weighted by Crippen LogP contribution is -2.01. The first-order valence-corrected chi connectivity index (χ1v) is 5.02. The number of carbonyl (C=O) groups excluding carboxylic acids is 1. The molecule has 0 aliphatic carbocycles. The van der Waals surface area contributed by atoms with Gasteiger partial charge in [-0.25, -0.2) is 0 Å². The third-order valence-electron chi connectivity index (χ3n) is 1.74. The summed E-state index contributed by atoms with van der Waals surface area (Å²) in [6.07, 6.45) is 1.40. The quantitative estimate of drug-likeness (QED) is 0.771. The topological polar surface area (TPSA) is 71.8 Å². The molecule has 0 aromatic carbocycles. The van der Waals surface area contributed by atoms with E-state index in [0.29, 0.717) is 15.5 Å². The number of carbonyl (C=O) groups is 1.